The molecule has 0 heterocycles. The van der Waals surface area contributed by atoms with E-state index in [0.717, 1.165) is 11.1 Å². The number of hydrogen-bond donors (Lipinski definition) is 1. The van der Waals surface area contributed by atoms with Crippen LogP contribution in [0.5, 0.6) is 0 Å². The number of carbonyl (C=O) groups is 1. The van der Waals surface area contributed by atoms with Crippen LogP contribution >= 0.6 is 0 Å². The Hall–Kier alpha value is -3.21. The molecule has 0 aromatic heterocycles. The molecule has 0 aliphatic heterocycles. The second kappa shape index (κ2) is 11.0. The van der Waals surface area contributed by atoms with E-state index in [2.05, 4.69) is 22.5 Å². The molecule has 0 fully saturated rings. The number of hydroxylamine groups is 1. The van der Waals surface area contributed by atoms with E-state index in [9.17, 15) is 9.18 Å². The number of ether oxygens (including phenoxy) is 1. The van der Waals surface area contributed by atoms with E-state index in [1.54, 1.807) is 25.1 Å². The summed E-state index contributed by atoms with van der Waals surface area (Å²) in [6.45, 7) is 3.75. The summed E-state index contributed by atoms with van der Waals surface area (Å²) >= 11 is 0. The van der Waals surface area contributed by atoms with Crippen molar-refractivity contribution in [3.8, 4) is 11.8 Å². The van der Waals surface area contributed by atoms with E-state index in [0.29, 0.717) is 16.8 Å². The van der Waals surface area contributed by atoms with Gasteiger partial charge in [0.2, 0.25) is 0 Å². The molecule has 0 amide bonds. The maximum atomic E-state index is 12.9. The predicted molar refractivity (Wildman–Crippen MR) is 107 cm³/mol. The lowest BCUT2D eigenvalue weighted by Gasteiger charge is -2.19. The zero-order valence-corrected chi connectivity index (χ0v) is 16.8. The molecular formula is C22H23FN2O4. The Morgan fingerprint density at radius 1 is 1.21 bits per heavy atom. The molecule has 0 saturated carbocycles. The van der Waals surface area contributed by atoms with E-state index in [1.807, 2.05) is 19.1 Å². The van der Waals surface area contributed by atoms with Crippen LogP contribution in [0.4, 0.5) is 4.39 Å². The van der Waals surface area contributed by atoms with Crippen LogP contribution in [0.1, 0.15) is 35.2 Å². The Kier molecular flexibility index (Phi) is 8.34. The lowest BCUT2D eigenvalue weighted by atomic mass is 9.97. The molecule has 0 bridgehead atoms. The smallest absolute Gasteiger partial charge is 0.329 e. The quantitative estimate of drug-likeness (QED) is 0.335. The fourth-order valence-corrected chi connectivity index (χ4v) is 2.58. The largest absolute Gasteiger partial charge is 0.468 e. The van der Waals surface area contributed by atoms with Crippen LogP contribution in [0.3, 0.4) is 0 Å². The Balaban J connectivity index is 2.15. The molecule has 0 radical (unpaired) electrons. The number of carbonyl (C=O) groups excluding carboxylic acids is 1. The molecule has 2 aromatic rings. The molecule has 6 nitrogen and oxygen atoms in total. The molecule has 0 aliphatic carbocycles. The molecule has 1 atom stereocenters. The number of benzene rings is 2. The first-order valence-corrected chi connectivity index (χ1v) is 8.85. The first kappa shape index (κ1) is 22.1. The summed E-state index contributed by atoms with van der Waals surface area (Å²) in [5.74, 6) is 4.94. The Labute approximate surface area is 169 Å². The highest BCUT2D eigenvalue weighted by Gasteiger charge is 2.25. The number of methoxy groups -OCH3 is 1. The number of esters is 1. The highest BCUT2D eigenvalue weighted by molar-refractivity contribution is 5.98. The first-order valence-electron chi connectivity index (χ1n) is 8.85. The molecule has 2 rings (SSSR count). The van der Waals surface area contributed by atoms with Gasteiger partial charge in [-0.1, -0.05) is 29.3 Å². The van der Waals surface area contributed by atoms with Crippen molar-refractivity contribution in [2.75, 3.05) is 14.2 Å². The Morgan fingerprint density at radius 3 is 2.59 bits per heavy atom. The Bertz CT molecular complexity index is 930. The lowest BCUT2D eigenvalue weighted by molar-refractivity contribution is -0.147. The van der Waals surface area contributed by atoms with Gasteiger partial charge in [0.1, 0.15) is 18.1 Å². The van der Waals surface area contributed by atoms with E-state index in [-0.39, 0.29) is 12.4 Å². The van der Waals surface area contributed by atoms with Crippen molar-refractivity contribution in [1.82, 2.24) is 5.48 Å². The summed E-state index contributed by atoms with van der Waals surface area (Å²) in [7, 11) is 2.74. The minimum absolute atomic E-state index is 0.135. The third-order valence-corrected chi connectivity index (χ3v) is 4.07. The van der Waals surface area contributed by atoms with Crippen LogP contribution in [0.2, 0.25) is 0 Å². The van der Waals surface area contributed by atoms with Gasteiger partial charge in [-0.2, -0.15) is 5.48 Å². The topological polar surface area (TPSA) is 69.2 Å². The molecule has 0 aliphatic rings. The Morgan fingerprint density at radius 2 is 1.93 bits per heavy atom. The van der Waals surface area contributed by atoms with E-state index < -0.39 is 12.0 Å². The van der Waals surface area contributed by atoms with Gasteiger partial charge in [0.05, 0.1) is 14.2 Å². The van der Waals surface area contributed by atoms with Crippen LogP contribution in [0.25, 0.3) is 0 Å². The summed E-state index contributed by atoms with van der Waals surface area (Å²) in [4.78, 5) is 22.5. The molecule has 1 N–H and O–H groups in total. The summed E-state index contributed by atoms with van der Waals surface area (Å²) in [5.41, 5.74) is 6.17. The van der Waals surface area contributed by atoms with Crippen molar-refractivity contribution in [2.45, 2.75) is 26.5 Å². The van der Waals surface area contributed by atoms with Crippen molar-refractivity contribution < 1.29 is 23.6 Å². The molecule has 2 aromatic carbocycles. The zero-order chi connectivity index (χ0) is 21.2. The van der Waals surface area contributed by atoms with Gasteiger partial charge in [-0.3, -0.25) is 0 Å². The fourth-order valence-electron chi connectivity index (χ4n) is 2.58. The van der Waals surface area contributed by atoms with Crippen molar-refractivity contribution in [2.24, 2.45) is 5.16 Å². The highest BCUT2D eigenvalue weighted by atomic mass is 19.1. The second-order valence-electron chi connectivity index (χ2n) is 6.13. The number of hydrogen-bond acceptors (Lipinski definition) is 6. The lowest BCUT2D eigenvalue weighted by Crippen LogP contribution is -2.30. The average Bonchev–Trinajstić information content (AvgIpc) is 2.72. The van der Waals surface area contributed by atoms with Gasteiger partial charge < -0.3 is 14.4 Å². The van der Waals surface area contributed by atoms with Crippen LogP contribution < -0.4 is 5.48 Å². The van der Waals surface area contributed by atoms with Crippen molar-refractivity contribution in [3.05, 3.63) is 70.5 Å². The zero-order valence-electron chi connectivity index (χ0n) is 16.8. The normalized spacial score (nSPS) is 12.0. The van der Waals surface area contributed by atoms with Crippen LogP contribution in [0.15, 0.2) is 47.6 Å². The second-order valence-corrected chi connectivity index (χ2v) is 6.13. The number of rotatable bonds is 7. The van der Waals surface area contributed by atoms with Gasteiger partial charge in [0.25, 0.3) is 0 Å². The van der Waals surface area contributed by atoms with E-state index in [1.165, 1.54) is 26.4 Å². The molecule has 152 valence electrons. The van der Waals surface area contributed by atoms with Crippen molar-refractivity contribution in [3.63, 3.8) is 0 Å². The van der Waals surface area contributed by atoms with E-state index in [4.69, 9.17) is 14.4 Å². The van der Waals surface area contributed by atoms with Gasteiger partial charge in [0, 0.05) is 11.1 Å². The summed E-state index contributed by atoms with van der Waals surface area (Å²) in [5, 5.41) is 4.01. The minimum atomic E-state index is -0.799. The van der Waals surface area contributed by atoms with Gasteiger partial charge >= 0.3 is 5.97 Å². The maximum Gasteiger partial charge on any atom is 0.329 e. The van der Waals surface area contributed by atoms with Crippen molar-refractivity contribution >= 4 is 11.7 Å². The standard InChI is InChI=1S/C22H23FN2O4/c1-15-6-5-7-19(21(25-28-4)22(26)27-3)20(15)14-29-24-16(2)8-9-17-10-12-18(23)13-11-17/h5-7,10-13,21,25H,14H2,1-4H3/b24-16+. The van der Waals surface area contributed by atoms with E-state index >= 15 is 0 Å². The van der Waals surface area contributed by atoms with Crippen molar-refractivity contribution in [1.29, 1.82) is 0 Å². The molecule has 29 heavy (non-hydrogen) atoms. The number of nitrogens with one attached hydrogen (secondary N) is 1. The van der Waals surface area contributed by atoms with Gasteiger partial charge in [0.15, 0.2) is 6.04 Å². The number of aryl methyl sites for hydroxylation is 1. The third-order valence-electron chi connectivity index (χ3n) is 4.07. The summed E-state index contributed by atoms with van der Waals surface area (Å²) < 4.78 is 17.8. The van der Waals surface area contributed by atoms with Crippen LogP contribution in [-0.4, -0.2) is 25.9 Å². The number of oxime groups is 1. The number of halogens is 1. The minimum Gasteiger partial charge on any atom is -0.468 e. The summed E-state index contributed by atoms with van der Waals surface area (Å²) in [6, 6.07) is 10.6. The molecule has 0 spiro atoms. The summed E-state index contributed by atoms with van der Waals surface area (Å²) in [6.07, 6.45) is 0. The SMILES string of the molecule is CONC(C(=O)OC)c1cccc(C)c1CO/N=C(\C)C#Cc1ccc(F)cc1. The predicted octanol–water partition coefficient (Wildman–Crippen LogP) is 3.44. The fraction of sp³-hybridized carbons (Fsp3) is 0.273. The monoisotopic (exact) mass is 398 g/mol. The van der Waals surface area contributed by atoms with Gasteiger partial charge in [-0.05, 0) is 55.2 Å². The highest BCUT2D eigenvalue weighted by Crippen LogP contribution is 2.23. The maximum absolute atomic E-state index is 12.9. The number of nitrogens with zero attached hydrogens (tertiary/aromatic N) is 1. The van der Waals surface area contributed by atoms with Gasteiger partial charge in [-0.15, -0.1) is 0 Å². The molecule has 1 unspecified atom stereocenters. The molecular weight excluding hydrogens is 375 g/mol. The molecule has 0 saturated heterocycles. The first-order chi connectivity index (χ1) is 14.0. The van der Waals surface area contributed by atoms with Crippen LogP contribution in [0, 0.1) is 24.6 Å². The third kappa shape index (κ3) is 6.42. The van der Waals surface area contributed by atoms with Gasteiger partial charge in [-0.25, -0.2) is 9.18 Å². The average molecular weight is 398 g/mol. The molecule has 7 heteroatoms. The van der Waals surface area contributed by atoms with Crippen LogP contribution in [-0.2, 0) is 25.8 Å².